The van der Waals surface area contributed by atoms with Crippen molar-refractivity contribution in [2.24, 2.45) is 11.8 Å². The zero-order valence-corrected chi connectivity index (χ0v) is 11.0. The van der Waals surface area contributed by atoms with Crippen LogP contribution in [0, 0.1) is 11.8 Å². The molecule has 0 radical (unpaired) electrons. The van der Waals surface area contributed by atoms with Gasteiger partial charge in [0.2, 0.25) is 10.0 Å². The summed E-state index contributed by atoms with van der Waals surface area (Å²) in [6.45, 7) is 6.56. The van der Waals surface area contributed by atoms with Crippen molar-refractivity contribution in [3.05, 3.63) is 0 Å². The van der Waals surface area contributed by atoms with Crippen molar-refractivity contribution in [2.75, 3.05) is 13.1 Å². The number of nitrogens with zero attached hydrogens (tertiary/aromatic N) is 1. The maximum atomic E-state index is 12.1. The molecule has 1 saturated heterocycles. The topological polar surface area (TPSA) is 57.6 Å². The molecule has 0 aromatic carbocycles. The van der Waals surface area contributed by atoms with Gasteiger partial charge in [-0.1, -0.05) is 20.8 Å². The molecular formula is C11H21NO3S. The van der Waals surface area contributed by atoms with Crippen molar-refractivity contribution in [2.45, 2.75) is 44.5 Å². The van der Waals surface area contributed by atoms with E-state index in [-0.39, 0.29) is 23.6 Å². The zero-order valence-electron chi connectivity index (χ0n) is 10.2. The fraction of sp³-hybridized carbons (Fsp3) is 1.00. The van der Waals surface area contributed by atoms with Gasteiger partial charge in [-0.3, -0.25) is 0 Å². The SMILES string of the molecule is CC(C)[C@@]1(O)CN(S(=O)(=O)C2CC2)C[C@@H]1C. The molecule has 0 spiro atoms. The summed E-state index contributed by atoms with van der Waals surface area (Å²) >= 11 is 0. The Bertz CT molecular complexity index is 375. The van der Waals surface area contributed by atoms with Gasteiger partial charge in [0.05, 0.1) is 10.9 Å². The fourth-order valence-electron chi connectivity index (χ4n) is 2.49. The third-order valence-electron chi connectivity index (χ3n) is 4.07. The molecular weight excluding hydrogens is 226 g/mol. The molecule has 0 amide bonds. The van der Waals surface area contributed by atoms with Crippen LogP contribution in [0.3, 0.4) is 0 Å². The highest BCUT2D eigenvalue weighted by atomic mass is 32.2. The van der Waals surface area contributed by atoms with Gasteiger partial charge in [-0.2, -0.15) is 4.31 Å². The van der Waals surface area contributed by atoms with Gasteiger partial charge in [-0.15, -0.1) is 0 Å². The van der Waals surface area contributed by atoms with E-state index in [4.69, 9.17) is 0 Å². The second-order valence-electron chi connectivity index (χ2n) is 5.58. The Morgan fingerprint density at radius 1 is 1.38 bits per heavy atom. The van der Waals surface area contributed by atoms with Crippen LogP contribution in [0.1, 0.15) is 33.6 Å². The van der Waals surface area contributed by atoms with Gasteiger partial charge >= 0.3 is 0 Å². The molecule has 0 aromatic heterocycles. The van der Waals surface area contributed by atoms with Crippen molar-refractivity contribution in [1.82, 2.24) is 4.31 Å². The maximum absolute atomic E-state index is 12.1. The lowest BCUT2D eigenvalue weighted by Gasteiger charge is -2.31. The first-order valence-corrected chi connectivity index (χ1v) is 7.50. The Kier molecular flexibility index (Phi) is 2.84. The van der Waals surface area contributed by atoms with E-state index in [1.807, 2.05) is 20.8 Å². The lowest BCUT2D eigenvalue weighted by atomic mass is 9.82. The summed E-state index contributed by atoms with van der Waals surface area (Å²) in [6, 6.07) is 0. The first-order chi connectivity index (χ1) is 7.28. The van der Waals surface area contributed by atoms with E-state index in [1.165, 1.54) is 4.31 Å². The summed E-state index contributed by atoms with van der Waals surface area (Å²) in [5.41, 5.74) is -0.859. The number of rotatable bonds is 3. The second kappa shape index (κ2) is 3.68. The largest absolute Gasteiger partial charge is 0.388 e. The fourth-order valence-corrected chi connectivity index (χ4v) is 4.46. The van der Waals surface area contributed by atoms with Crippen LogP contribution < -0.4 is 0 Å². The molecule has 2 atom stereocenters. The Morgan fingerprint density at radius 2 is 1.94 bits per heavy atom. The normalized spacial score (nSPS) is 37.2. The van der Waals surface area contributed by atoms with E-state index in [2.05, 4.69) is 0 Å². The highest BCUT2D eigenvalue weighted by Crippen LogP contribution is 2.39. The summed E-state index contributed by atoms with van der Waals surface area (Å²) in [5.74, 6) is 0.0999. The van der Waals surface area contributed by atoms with E-state index in [0.29, 0.717) is 6.54 Å². The second-order valence-corrected chi connectivity index (χ2v) is 7.80. The van der Waals surface area contributed by atoms with E-state index in [0.717, 1.165) is 12.8 Å². The number of hydrogen-bond acceptors (Lipinski definition) is 3. The molecule has 1 N–H and O–H groups in total. The van der Waals surface area contributed by atoms with Crippen molar-refractivity contribution < 1.29 is 13.5 Å². The van der Waals surface area contributed by atoms with Crippen LogP contribution in [0.25, 0.3) is 0 Å². The average Bonchev–Trinajstić information content (AvgIpc) is 2.95. The molecule has 16 heavy (non-hydrogen) atoms. The van der Waals surface area contributed by atoms with Crippen LogP contribution in [0.4, 0.5) is 0 Å². The number of hydrogen-bond donors (Lipinski definition) is 1. The number of sulfonamides is 1. The third kappa shape index (κ3) is 1.79. The van der Waals surface area contributed by atoms with Gasteiger partial charge in [0.25, 0.3) is 0 Å². The molecule has 4 nitrogen and oxygen atoms in total. The molecule has 5 heteroatoms. The van der Waals surface area contributed by atoms with Gasteiger partial charge in [0.1, 0.15) is 0 Å². The highest BCUT2D eigenvalue weighted by Gasteiger charge is 2.51. The predicted molar refractivity (Wildman–Crippen MR) is 62.5 cm³/mol. The average molecular weight is 247 g/mol. The van der Waals surface area contributed by atoms with E-state index in [9.17, 15) is 13.5 Å². The summed E-state index contributed by atoms with van der Waals surface area (Å²) in [7, 11) is -3.13. The van der Waals surface area contributed by atoms with Crippen LogP contribution in [0.5, 0.6) is 0 Å². The van der Waals surface area contributed by atoms with Crippen molar-refractivity contribution >= 4 is 10.0 Å². The highest BCUT2D eigenvalue weighted by molar-refractivity contribution is 7.90. The van der Waals surface area contributed by atoms with Crippen LogP contribution in [-0.2, 0) is 10.0 Å². The lowest BCUT2D eigenvalue weighted by Crippen LogP contribution is -2.43. The smallest absolute Gasteiger partial charge is 0.217 e. The van der Waals surface area contributed by atoms with Gasteiger partial charge in [0.15, 0.2) is 0 Å². The minimum Gasteiger partial charge on any atom is -0.388 e. The van der Waals surface area contributed by atoms with Gasteiger partial charge in [-0.05, 0) is 18.8 Å². The van der Waals surface area contributed by atoms with Crippen LogP contribution in [0.2, 0.25) is 0 Å². The molecule has 1 heterocycles. The molecule has 1 aliphatic heterocycles. The van der Waals surface area contributed by atoms with Gasteiger partial charge < -0.3 is 5.11 Å². The number of β-amino-alcohol motifs (C(OH)–C–C–N with tert-alkyl or cyclic N) is 1. The molecule has 94 valence electrons. The summed E-state index contributed by atoms with van der Waals surface area (Å²) in [6.07, 6.45) is 1.57. The number of aliphatic hydroxyl groups is 1. The van der Waals surface area contributed by atoms with E-state index in [1.54, 1.807) is 0 Å². The lowest BCUT2D eigenvalue weighted by molar-refractivity contribution is -0.0222. The first kappa shape index (κ1) is 12.3. The van der Waals surface area contributed by atoms with Gasteiger partial charge in [-0.25, -0.2) is 8.42 Å². The van der Waals surface area contributed by atoms with Crippen LogP contribution in [-0.4, -0.2) is 41.8 Å². The van der Waals surface area contributed by atoms with E-state index < -0.39 is 15.6 Å². The molecule has 0 bridgehead atoms. The first-order valence-electron chi connectivity index (χ1n) is 6.00. The van der Waals surface area contributed by atoms with Crippen molar-refractivity contribution in [3.63, 3.8) is 0 Å². The monoisotopic (exact) mass is 247 g/mol. The zero-order chi connectivity index (χ0) is 12.1. The molecule has 0 aromatic rings. The third-order valence-corrected chi connectivity index (χ3v) is 6.38. The summed E-state index contributed by atoms with van der Waals surface area (Å²) in [4.78, 5) is 0. The van der Waals surface area contributed by atoms with Crippen molar-refractivity contribution in [1.29, 1.82) is 0 Å². The molecule has 2 rings (SSSR count). The Morgan fingerprint density at radius 3 is 2.31 bits per heavy atom. The summed E-state index contributed by atoms with van der Waals surface area (Å²) in [5, 5.41) is 10.3. The molecule has 1 saturated carbocycles. The Hall–Kier alpha value is -0.130. The quantitative estimate of drug-likeness (QED) is 0.803. The Labute approximate surface area is 97.7 Å². The molecule has 2 fully saturated rings. The maximum Gasteiger partial charge on any atom is 0.217 e. The van der Waals surface area contributed by atoms with E-state index >= 15 is 0 Å². The Balaban J connectivity index is 2.18. The van der Waals surface area contributed by atoms with Gasteiger partial charge in [0, 0.05) is 19.0 Å². The van der Waals surface area contributed by atoms with Crippen LogP contribution >= 0.6 is 0 Å². The standard InChI is InChI=1S/C11H21NO3S/c1-8(2)11(13)7-12(6-9(11)3)16(14,15)10-4-5-10/h8-10,13H,4-7H2,1-3H3/t9-,11-/m0/s1. The minimum absolute atomic E-state index is 0.0148. The molecule has 1 aliphatic carbocycles. The van der Waals surface area contributed by atoms with Crippen LogP contribution in [0.15, 0.2) is 0 Å². The summed E-state index contributed by atoms with van der Waals surface area (Å²) < 4.78 is 25.6. The molecule has 2 aliphatic rings. The molecule has 0 unspecified atom stereocenters. The predicted octanol–water partition coefficient (Wildman–Crippen LogP) is 0.817. The van der Waals surface area contributed by atoms with Crippen molar-refractivity contribution in [3.8, 4) is 0 Å². The minimum atomic E-state index is -3.13.